The van der Waals surface area contributed by atoms with Gasteiger partial charge >= 0.3 is 0 Å². The van der Waals surface area contributed by atoms with Crippen molar-refractivity contribution in [3.63, 3.8) is 0 Å². The number of benzene rings is 1. The Morgan fingerprint density at radius 1 is 1.47 bits per heavy atom. The molecule has 1 N–H and O–H groups in total. The van der Waals surface area contributed by atoms with Crippen LogP contribution in [0.5, 0.6) is 0 Å². The molecule has 1 fully saturated rings. The molecule has 1 aliphatic rings. The summed E-state index contributed by atoms with van der Waals surface area (Å²) >= 11 is 3.18. The Morgan fingerprint density at radius 3 is 3.00 bits per heavy atom. The Kier molecular flexibility index (Phi) is 3.54. The van der Waals surface area contributed by atoms with Gasteiger partial charge in [0.15, 0.2) is 0 Å². The van der Waals surface area contributed by atoms with E-state index in [1.165, 1.54) is 18.9 Å². The average molecular weight is 270 g/mol. The summed E-state index contributed by atoms with van der Waals surface area (Å²) in [5.41, 5.74) is 1.02. The summed E-state index contributed by atoms with van der Waals surface area (Å²) in [5.74, 6) is -0.217. The Labute approximate surface area is 97.5 Å². The summed E-state index contributed by atoms with van der Waals surface area (Å²) in [6.07, 6.45) is 6.61. The van der Waals surface area contributed by atoms with Crippen molar-refractivity contribution >= 4 is 22.0 Å². The third-order valence-electron chi connectivity index (χ3n) is 2.56. The molecule has 1 saturated heterocycles. The maximum absolute atomic E-state index is 13.0. The standard InChI is InChI=1S/C12H13BrFN/c13-11-8-9(4-6-12(11)14)3-5-10-2-1-7-15-10/h3-6,8,10,15H,1-2,7H2/b5-3+. The number of halogens is 2. The zero-order chi connectivity index (χ0) is 10.7. The highest BCUT2D eigenvalue weighted by Crippen LogP contribution is 2.18. The smallest absolute Gasteiger partial charge is 0.137 e. The Balaban J connectivity index is 2.06. The minimum Gasteiger partial charge on any atom is -0.311 e. The molecule has 0 aliphatic carbocycles. The maximum Gasteiger partial charge on any atom is 0.137 e. The van der Waals surface area contributed by atoms with Crippen molar-refractivity contribution in [1.29, 1.82) is 0 Å². The molecule has 1 heterocycles. The van der Waals surface area contributed by atoms with Gasteiger partial charge in [0, 0.05) is 6.04 Å². The first kappa shape index (κ1) is 10.8. The van der Waals surface area contributed by atoms with Gasteiger partial charge in [0.2, 0.25) is 0 Å². The van der Waals surface area contributed by atoms with E-state index in [1.54, 1.807) is 12.1 Å². The molecule has 0 saturated carbocycles. The zero-order valence-electron chi connectivity index (χ0n) is 8.34. The van der Waals surface area contributed by atoms with Gasteiger partial charge in [-0.2, -0.15) is 0 Å². The number of hydrogen-bond donors (Lipinski definition) is 1. The second kappa shape index (κ2) is 4.90. The molecule has 1 nitrogen and oxygen atoms in total. The molecule has 3 heteroatoms. The van der Waals surface area contributed by atoms with E-state index in [-0.39, 0.29) is 5.82 Å². The van der Waals surface area contributed by atoms with Crippen LogP contribution in [0.1, 0.15) is 18.4 Å². The van der Waals surface area contributed by atoms with Crippen molar-refractivity contribution in [1.82, 2.24) is 5.32 Å². The Morgan fingerprint density at radius 2 is 2.33 bits per heavy atom. The monoisotopic (exact) mass is 269 g/mol. The van der Waals surface area contributed by atoms with Gasteiger partial charge in [-0.25, -0.2) is 4.39 Å². The van der Waals surface area contributed by atoms with Crippen LogP contribution in [0.3, 0.4) is 0 Å². The van der Waals surface area contributed by atoms with Crippen LogP contribution in [0.25, 0.3) is 6.08 Å². The molecule has 1 aromatic rings. The Hall–Kier alpha value is -0.670. The fourth-order valence-corrected chi connectivity index (χ4v) is 2.12. The quantitative estimate of drug-likeness (QED) is 0.869. The van der Waals surface area contributed by atoms with Gasteiger partial charge in [0.05, 0.1) is 4.47 Å². The fourth-order valence-electron chi connectivity index (χ4n) is 1.72. The van der Waals surface area contributed by atoms with E-state index in [2.05, 4.69) is 27.3 Å². The van der Waals surface area contributed by atoms with Gasteiger partial charge in [-0.3, -0.25) is 0 Å². The van der Waals surface area contributed by atoms with Crippen LogP contribution in [-0.2, 0) is 0 Å². The molecule has 0 radical (unpaired) electrons. The first-order valence-electron chi connectivity index (χ1n) is 5.12. The molecular weight excluding hydrogens is 257 g/mol. The van der Waals surface area contributed by atoms with E-state index in [4.69, 9.17) is 0 Å². The summed E-state index contributed by atoms with van der Waals surface area (Å²) in [7, 11) is 0. The molecule has 1 aromatic carbocycles. The minimum absolute atomic E-state index is 0.217. The average Bonchev–Trinajstić information content (AvgIpc) is 2.73. The molecular formula is C12H13BrFN. The predicted octanol–water partition coefficient (Wildman–Crippen LogP) is 3.35. The molecule has 80 valence electrons. The van der Waals surface area contributed by atoms with Crippen LogP contribution < -0.4 is 5.32 Å². The topological polar surface area (TPSA) is 12.0 Å². The van der Waals surface area contributed by atoms with Crippen molar-refractivity contribution in [2.45, 2.75) is 18.9 Å². The summed E-state index contributed by atoms with van der Waals surface area (Å²) in [6.45, 7) is 1.10. The van der Waals surface area contributed by atoms with Gasteiger partial charge in [0.25, 0.3) is 0 Å². The second-order valence-corrected chi connectivity index (χ2v) is 4.59. The molecule has 2 rings (SSSR count). The van der Waals surface area contributed by atoms with Gasteiger partial charge < -0.3 is 5.32 Å². The highest BCUT2D eigenvalue weighted by Gasteiger charge is 2.09. The van der Waals surface area contributed by atoms with E-state index in [9.17, 15) is 4.39 Å². The minimum atomic E-state index is -0.217. The first-order chi connectivity index (χ1) is 7.25. The van der Waals surface area contributed by atoms with E-state index in [1.807, 2.05) is 6.08 Å². The van der Waals surface area contributed by atoms with Gasteiger partial charge in [-0.15, -0.1) is 0 Å². The van der Waals surface area contributed by atoms with E-state index >= 15 is 0 Å². The number of nitrogens with one attached hydrogen (secondary N) is 1. The van der Waals surface area contributed by atoms with Crippen molar-refractivity contribution < 1.29 is 4.39 Å². The lowest BCUT2D eigenvalue weighted by molar-refractivity contribution is 0.621. The third-order valence-corrected chi connectivity index (χ3v) is 3.17. The van der Waals surface area contributed by atoms with Gasteiger partial charge in [-0.1, -0.05) is 18.2 Å². The molecule has 0 amide bonds. The second-order valence-electron chi connectivity index (χ2n) is 3.74. The van der Waals surface area contributed by atoms with Crippen LogP contribution >= 0.6 is 15.9 Å². The lowest BCUT2D eigenvalue weighted by Crippen LogP contribution is -2.17. The number of hydrogen-bond acceptors (Lipinski definition) is 1. The SMILES string of the molecule is Fc1ccc(/C=C/C2CCCN2)cc1Br. The van der Waals surface area contributed by atoms with E-state index in [0.717, 1.165) is 12.1 Å². The van der Waals surface area contributed by atoms with E-state index < -0.39 is 0 Å². The molecule has 0 aromatic heterocycles. The third kappa shape index (κ3) is 2.89. The molecule has 0 spiro atoms. The lowest BCUT2D eigenvalue weighted by atomic mass is 10.1. The summed E-state index contributed by atoms with van der Waals surface area (Å²) in [5, 5.41) is 3.38. The van der Waals surface area contributed by atoms with Crippen molar-refractivity contribution in [2.24, 2.45) is 0 Å². The van der Waals surface area contributed by atoms with Crippen molar-refractivity contribution in [3.8, 4) is 0 Å². The summed E-state index contributed by atoms with van der Waals surface area (Å²) < 4.78 is 13.5. The zero-order valence-corrected chi connectivity index (χ0v) is 9.93. The molecule has 1 aliphatic heterocycles. The van der Waals surface area contributed by atoms with Crippen LogP contribution in [0.15, 0.2) is 28.7 Å². The highest BCUT2D eigenvalue weighted by atomic mass is 79.9. The van der Waals surface area contributed by atoms with Crippen molar-refractivity contribution in [3.05, 3.63) is 40.1 Å². The molecule has 0 bridgehead atoms. The lowest BCUT2D eigenvalue weighted by Gasteiger charge is -2.02. The molecule has 15 heavy (non-hydrogen) atoms. The molecule has 1 atom stereocenters. The van der Waals surface area contributed by atoms with Crippen molar-refractivity contribution in [2.75, 3.05) is 6.54 Å². The Bertz CT molecular complexity index is 370. The summed E-state index contributed by atoms with van der Waals surface area (Å²) in [4.78, 5) is 0. The largest absolute Gasteiger partial charge is 0.311 e. The first-order valence-corrected chi connectivity index (χ1v) is 5.91. The summed E-state index contributed by atoms with van der Waals surface area (Å²) in [6, 6.07) is 5.53. The normalized spacial score (nSPS) is 21.3. The fraction of sp³-hybridized carbons (Fsp3) is 0.333. The van der Waals surface area contributed by atoms with Crippen LogP contribution in [0.4, 0.5) is 4.39 Å². The maximum atomic E-state index is 13.0. The van der Waals surface area contributed by atoms with Gasteiger partial charge in [-0.05, 0) is 53.0 Å². The molecule has 1 unspecified atom stereocenters. The van der Waals surface area contributed by atoms with E-state index in [0.29, 0.717) is 10.5 Å². The van der Waals surface area contributed by atoms with Crippen LogP contribution in [-0.4, -0.2) is 12.6 Å². The van der Waals surface area contributed by atoms with Crippen LogP contribution in [0.2, 0.25) is 0 Å². The van der Waals surface area contributed by atoms with Crippen LogP contribution in [0, 0.1) is 5.82 Å². The highest BCUT2D eigenvalue weighted by molar-refractivity contribution is 9.10. The van der Waals surface area contributed by atoms with Gasteiger partial charge in [0.1, 0.15) is 5.82 Å². The number of rotatable bonds is 2. The predicted molar refractivity (Wildman–Crippen MR) is 64.2 cm³/mol.